The van der Waals surface area contributed by atoms with E-state index in [-0.39, 0.29) is 18.0 Å². The van der Waals surface area contributed by atoms with E-state index in [1.165, 1.54) is 0 Å². The van der Waals surface area contributed by atoms with Crippen molar-refractivity contribution in [2.45, 2.75) is 27.2 Å². The van der Waals surface area contributed by atoms with E-state index in [0.29, 0.717) is 6.42 Å². The van der Waals surface area contributed by atoms with Gasteiger partial charge in [-0.25, -0.2) is 0 Å². The number of hydrogen-bond donors (Lipinski definition) is 0. The van der Waals surface area contributed by atoms with Gasteiger partial charge in [0.05, 0.1) is 0 Å². The highest BCUT2D eigenvalue weighted by Crippen LogP contribution is 2.32. The summed E-state index contributed by atoms with van der Waals surface area (Å²) in [5.74, 6) is 1.63. The maximum Gasteiger partial charge on any atom is 0.231 e. The number of fused-ring (bicyclic) bond motifs is 1. The first kappa shape index (κ1) is 12.7. The quantitative estimate of drug-likeness (QED) is 0.766. The molecule has 0 spiro atoms. The summed E-state index contributed by atoms with van der Waals surface area (Å²) in [5.41, 5.74) is 0.970. The maximum absolute atomic E-state index is 11.7. The van der Waals surface area contributed by atoms with Crippen molar-refractivity contribution in [3.8, 4) is 11.5 Å². The first-order valence-corrected chi connectivity index (χ1v) is 6.05. The summed E-state index contributed by atoms with van der Waals surface area (Å²) in [6, 6.07) is 5.65. The molecule has 0 atom stereocenters. The van der Waals surface area contributed by atoms with Gasteiger partial charge in [0.15, 0.2) is 17.3 Å². The first-order chi connectivity index (χ1) is 8.44. The van der Waals surface area contributed by atoms with E-state index < -0.39 is 0 Å². The molecule has 1 heterocycles. The third-order valence-electron chi connectivity index (χ3n) is 2.56. The molecule has 0 aliphatic carbocycles. The van der Waals surface area contributed by atoms with Crippen LogP contribution in [0.1, 0.15) is 32.8 Å². The average molecular weight is 246 g/mol. The summed E-state index contributed by atoms with van der Waals surface area (Å²) < 4.78 is 10.5. The number of ketones is 1. The minimum Gasteiger partial charge on any atom is -0.454 e. The average Bonchev–Trinajstić information content (AvgIpc) is 2.71. The van der Waals surface area contributed by atoms with Crippen LogP contribution in [0.4, 0.5) is 0 Å². The third kappa shape index (κ3) is 3.36. The Morgan fingerprint density at radius 3 is 2.72 bits per heavy atom. The Labute approximate surface area is 107 Å². The second kappa shape index (κ2) is 4.84. The Morgan fingerprint density at radius 2 is 2.00 bits per heavy atom. The lowest BCUT2D eigenvalue weighted by Gasteiger charge is -2.14. The molecule has 18 heavy (non-hydrogen) atoms. The van der Waals surface area contributed by atoms with Crippen LogP contribution in [0.15, 0.2) is 24.3 Å². The SMILES string of the molecule is CC(C)(C)CC(=O)C=Cc1ccc2c(c1)OCO2. The van der Waals surface area contributed by atoms with Gasteiger partial charge in [-0.15, -0.1) is 0 Å². The fourth-order valence-electron chi connectivity index (χ4n) is 1.79. The highest BCUT2D eigenvalue weighted by Gasteiger charge is 2.14. The summed E-state index contributed by atoms with van der Waals surface area (Å²) >= 11 is 0. The van der Waals surface area contributed by atoms with E-state index in [9.17, 15) is 4.79 Å². The van der Waals surface area contributed by atoms with E-state index in [1.807, 2.05) is 24.3 Å². The van der Waals surface area contributed by atoms with Gasteiger partial charge in [-0.05, 0) is 29.2 Å². The van der Waals surface area contributed by atoms with E-state index in [1.54, 1.807) is 6.08 Å². The minimum absolute atomic E-state index is 0.0241. The molecule has 1 aliphatic rings. The van der Waals surface area contributed by atoms with Crippen LogP contribution < -0.4 is 9.47 Å². The molecule has 1 aromatic rings. The van der Waals surface area contributed by atoms with E-state index in [0.717, 1.165) is 17.1 Å². The zero-order chi connectivity index (χ0) is 13.2. The van der Waals surface area contributed by atoms with Gasteiger partial charge in [-0.1, -0.05) is 32.9 Å². The second-order valence-electron chi connectivity index (χ2n) is 5.65. The number of carbonyl (C=O) groups is 1. The van der Waals surface area contributed by atoms with Gasteiger partial charge in [0.25, 0.3) is 0 Å². The Bertz CT molecular complexity index is 481. The number of ether oxygens (including phenoxy) is 2. The molecule has 3 heteroatoms. The van der Waals surface area contributed by atoms with Gasteiger partial charge in [-0.3, -0.25) is 4.79 Å². The van der Waals surface area contributed by atoms with Crippen LogP contribution in [-0.2, 0) is 4.79 Å². The molecule has 0 saturated heterocycles. The highest BCUT2D eigenvalue weighted by atomic mass is 16.7. The Morgan fingerprint density at radius 1 is 1.28 bits per heavy atom. The Balaban J connectivity index is 2.03. The van der Waals surface area contributed by atoms with Gasteiger partial charge < -0.3 is 9.47 Å². The van der Waals surface area contributed by atoms with Gasteiger partial charge in [0.1, 0.15) is 0 Å². The molecule has 0 N–H and O–H groups in total. The van der Waals surface area contributed by atoms with Crippen LogP contribution in [0.2, 0.25) is 0 Å². The van der Waals surface area contributed by atoms with Crippen molar-refractivity contribution < 1.29 is 14.3 Å². The molecule has 0 fully saturated rings. The lowest BCUT2D eigenvalue weighted by atomic mass is 9.90. The molecule has 2 rings (SSSR count). The Hall–Kier alpha value is -1.77. The van der Waals surface area contributed by atoms with Crippen LogP contribution in [0.25, 0.3) is 6.08 Å². The molecule has 96 valence electrons. The molecule has 0 radical (unpaired) electrons. The minimum atomic E-state index is 0.0241. The zero-order valence-corrected chi connectivity index (χ0v) is 11.0. The largest absolute Gasteiger partial charge is 0.454 e. The lowest BCUT2D eigenvalue weighted by molar-refractivity contribution is -0.116. The Kier molecular flexibility index (Phi) is 3.41. The maximum atomic E-state index is 11.7. The van der Waals surface area contributed by atoms with Crippen molar-refractivity contribution >= 4 is 11.9 Å². The van der Waals surface area contributed by atoms with E-state index >= 15 is 0 Å². The predicted octanol–water partition coefficient (Wildman–Crippen LogP) is 3.43. The molecule has 0 aromatic heterocycles. The van der Waals surface area contributed by atoms with Crippen LogP contribution in [0.5, 0.6) is 11.5 Å². The summed E-state index contributed by atoms with van der Waals surface area (Å²) in [4.78, 5) is 11.7. The molecule has 1 aromatic carbocycles. The van der Waals surface area contributed by atoms with E-state index in [4.69, 9.17) is 9.47 Å². The number of benzene rings is 1. The molecular weight excluding hydrogens is 228 g/mol. The first-order valence-electron chi connectivity index (χ1n) is 6.05. The van der Waals surface area contributed by atoms with Crippen molar-refractivity contribution in [2.24, 2.45) is 5.41 Å². The molecule has 3 nitrogen and oxygen atoms in total. The summed E-state index contributed by atoms with van der Waals surface area (Å²) in [5, 5.41) is 0. The topological polar surface area (TPSA) is 35.5 Å². The zero-order valence-electron chi connectivity index (χ0n) is 11.0. The third-order valence-corrected chi connectivity index (χ3v) is 2.56. The van der Waals surface area contributed by atoms with Crippen LogP contribution in [-0.4, -0.2) is 12.6 Å². The molecule has 0 saturated carbocycles. The van der Waals surface area contributed by atoms with Gasteiger partial charge in [-0.2, -0.15) is 0 Å². The molecule has 0 unspecified atom stereocenters. The summed E-state index contributed by atoms with van der Waals surface area (Å²) in [7, 11) is 0. The van der Waals surface area contributed by atoms with Crippen LogP contribution in [0.3, 0.4) is 0 Å². The number of allylic oxidation sites excluding steroid dienone is 1. The molecule has 1 aliphatic heterocycles. The van der Waals surface area contributed by atoms with Gasteiger partial charge >= 0.3 is 0 Å². The number of hydrogen-bond acceptors (Lipinski definition) is 3. The fourth-order valence-corrected chi connectivity index (χ4v) is 1.79. The number of carbonyl (C=O) groups excluding carboxylic acids is 1. The van der Waals surface area contributed by atoms with Crippen molar-refractivity contribution in [2.75, 3.05) is 6.79 Å². The summed E-state index contributed by atoms with van der Waals surface area (Å²) in [6.07, 6.45) is 3.99. The van der Waals surface area contributed by atoms with Crippen LogP contribution >= 0.6 is 0 Å². The summed E-state index contributed by atoms with van der Waals surface area (Å²) in [6.45, 7) is 6.43. The van der Waals surface area contributed by atoms with E-state index in [2.05, 4.69) is 20.8 Å². The van der Waals surface area contributed by atoms with Gasteiger partial charge in [0.2, 0.25) is 6.79 Å². The highest BCUT2D eigenvalue weighted by molar-refractivity contribution is 5.94. The number of rotatable bonds is 3. The molecular formula is C15H18O3. The molecule has 0 amide bonds. The van der Waals surface area contributed by atoms with Crippen molar-refractivity contribution in [1.82, 2.24) is 0 Å². The second-order valence-corrected chi connectivity index (χ2v) is 5.65. The van der Waals surface area contributed by atoms with Crippen molar-refractivity contribution in [1.29, 1.82) is 0 Å². The normalized spacial score (nSPS) is 14.2. The van der Waals surface area contributed by atoms with Crippen molar-refractivity contribution in [3.05, 3.63) is 29.8 Å². The van der Waals surface area contributed by atoms with Crippen molar-refractivity contribution in [3.63, 3.8) is 0 Å². The van der Waals surface area contributed by atoms with Crippen LogP contribution in [0, 0.1) is 5.41 Å². The smallest absolute Gasteiger partial charge is 0.231 e. The fraction of sp³-hybridized carbons (Fsp3) is 0.400. The van der Waals surface area contributed by atoms with Gasteiger partial charge in [0, 0.05) is 6.42 Å². The predicted molar refractivity (Wildman–Crippen MR) is 70.7 cm³/mol. The standard InChI is InChI=1S/C15H18O3/c1-15(2,3)9-12(16)6-4-11-5-7-13-14(8-11)18-10-17-13/h4-8H,9-10H2,1-3H3. The monoisotopic (exact) mass is 246 g/mol. The molecule has 0 bridgehead atoms. The lowest BCUT2D eigenvalue weighted by Crippen LogP contribution is -2.10.